The molecule has 0 heterocycles. The van der Waals surface area contributed by atoms with Crippen molar-refractivity contribution >= 4 is 35.2 Å². The molecular weight excluding hydrogens is 333 g/mol. The number of hydrogen-bond donors (Lipinski definition) is 1. The van der Waals surface area contributed by atoms with Crippen LogP contribution < -0.4 is 5.32 Å². The average molecular weight is 348 g/mol. The molecule has 124 valence electrons. The maximum Gasteiger partial charge on any atom is 0.331 e. The van der Waals surface area contributed by atoms with Gasteiger partial charge in [-0.05, 0) is 31.2 Å². The lowest BCUT2D eigenvalue weighted by atomic mass is 10.2. The van der Waals surface area contributed by atoms with E-state index in [1.165, 1.54) is 25.1 Å². The largest absolute Gasteiger partial charge is 0.449 e. The van der Waals surface area contributed by atoms with Crippen LogP contribution in [0.2, 0.25) is 5.02 Å². The molecule has 0 aliphatic carbocycles. The predicted molar refractivity (Wildman–Crippen MR) is 91.1 cm³/mol. The summed E-state index contributed by atoms with van der Waals surface area (Å²) in [7, 11) is 0. The Morgan fingerprint density at radius 3 is 2.54 bits per heavy atom. The van der Waals surface area contributed by atoms with E-state index in [4.69, 9.17) is 16.3 Å². The number of para-hydroxylation sites is 1. The minimum Gasteiger partial charge on any atom is -0.449 e. The third kappa shape index (κ3) is 4.93. The number of halogens is 2. The highest BCUT2D eigenvalue weighted by Gasteiger charge is 2.17. The van der Waals surface area contributed by atoms with Crippen LogP contribution in [-0.2, 0) is 14.3 Å². The van der Waals surface area contributed by atoms with Crippen molar-refractivity contribution in [2.24, 2.45) is 0 Å². The Hall–Kier alpha value is -2.66. The van der Waals surface area contributed by atoms with Crippen molar-refractivity contribution in [3.63, 3.8) is 0 Å². The summed E-state index contributed by atoms with van der Waals surface area (Å²) in [5.74, 6) is -1.72. The molecule has 2 aromatic carbocycles. The number of ether oxygens (including phenoxy) is 1. The van der Waals surface area contributed by atoms with Crippen LogP contribution >= 0.6 is 11.6 Å². The van der Waals surface area contributed by atoms with E-state index in [-0.39, 0.29) is 5.56 Å². The Labute approximate surface area is 143 Å². The van der Waals surface area contributed by atoms with Gasteiger partial charge in [0.25, 0.3) is 5.91 Å². The summed E-state index contributed by atoms with van der Waals surface area (Å²) in [4.78, 5) is 23.7. The van der Waals surface area contributed by atoms with E-state index < -0.39 is 23.8 Å². The fourth-order valence-corrected chi connectivity index (χ4v) is 2.02. The van der Waals surface area contributed by atoms with E-state index in [0.717, 1.165) is 6.08 Å². The minimum absolute atomic E-state index is 0.252. The van der Waals surface area contributed by atoms with Gasteiger partial charge in [0.1, 0.15) is 5.82 Å². The normalized spacial score (nSPS) is 12.0. The summed E-state index contributed by atoms with van der Waals surface area (Å²) in [5.41, 5.74) is 0.677. The summed E-state index contributed by atoms with van der Waals surface area (Å²) < 4.78 is 18.4. The molecule has 0 aliphatic heterocycles. The van der Waals surface area contributed by atoms with E-state index in [9.17, 15) is 14.0 Å². The van der Waals surface area contributed by atoms with Gasteiger partial charge in [0.15, 0.2) is 6.10 Å². The van der Waals surface area contributed by atoms with E-state index in [1.807, 2.05) is 0 Å². The van der Waals surface area contributed by atoms with Gasteiger partial charge in [-0.15, -0.1) is 0 Å². The molecular formula is C18H15ClFNO3. The molecule has 6 heteroatoms. The molecule has 0 saturated heterocycles. The van der Waals surface area contributed by atoms with Crippen LogP contribution in [0, 0.1) is 5.82 Å². The summed E-state index contributed by atoms with van der Waals surface area (Å²) in [5, 5.41) is 2.94. The fourth-order valence-electron chi connectivity index (χ4n) is 1.83. The van der Waals surface area contributed by atoms with Crippen LogP contribution in [0.1, 0.15) is 12.5 Å². The standard InChI is InChI=1S/C18H15ClFNO3/c1-12(18(23)21-16-9-5-3-7-14(16)19)24-17(22)11-10-13-6-2-4-8-15(13)20/h2-12H,1H3,(H,21,23)/b11-10+/t12-/m0/s1. The summed E-state index contributed by atoms with van der Waals surface area (Å²) in [6, 6.07) is 12.7. The van der Waals surface area contributed by atoms with E-state index >= 15 is 0 Å². The first-order valence-corrected chi connectivity index (χ1v) is 7.54. The van der Waals surface area contributed by atoms with Crippen molar-refractivity contribution < 1.29 is 18.7 Å². The third-order valence-electron chi connectivity index (χ3n) is 3.10. The number of esters is 1. The molecule has 0 unspecified atom stereocenters. The number of hydrogen-bond acceptors (Lipinski definition) is 3. The number of carbonyl (C=O) groups excluding carboxylic acids is 2. The van der Waals surface area contributed by atoms with E-state index in [0.29, 0.717) is 10.7 Å². The van der Waals surface area contributed by atoms with Crippen molar-refractivity contribution in [2.75, 3.05) is 5.32 Å². The lowest BCUT2D eigenvalue weighted by Gasteiger charge is -2.13. The maximum absolute atomic E-state index is 13.4. The number of rotatable bonds is 5. The molecule has 2 aromatic rings. The summed E-state index contributed by atoms with van der Waals surface area (Å²) in [6.45, 7) is 1.43. The second-order valence-electron chi connectivity index (χ2n) is 4.90. The second kappa shape index (κ2) is 8.26. The topological polar surface area (TPSA) is 55.4 Å². The Morgan fingerprint density at radius 2 is 1.83 bits per heavy atom. The van der Waals surface area contributed by atoms with Crippen molar-refractivity contribution in [3.8, 4) is 0 Å². The minimum atomic E-state index is -1.03. The monoisotopic (exact) mass is 347 g/mol. The molecule has 0 aromatic heterocycles. The molecule has 1 amide bonds. The Morgan fingerprint density at radius 1 is 1.17 bits per heavy atom. The van der Waals surface area contributed by atoms with Crippen molar-refractivity contribution in [2.45, 2.75) is 13.0 Å². The molecule has 4 nitrogen and oxygen atoms in total. The zero-order valence-corrected chi connectivity index (χ0v) is 13.6. The van der Waals surface area contributed by atoms with Crippen LogP contribution in [0.5, 0.6) is 0 Å². The number of amides is 1. The fraction of sp³-hybridized carbons (Fsp3) is 0.111. The first kappa shape index (κ1) is 17.7. The number of carbonyl (C=O) groups is 2. The molecule has 2 rings (SSSR count). The first-order valence-electron chi connectivity index (χ1n) is 7.16. The smallest absolute Gasteiger partial charge is 0.331 e. The second-order valence-corrected chi connectivity index (χ2v) is 5.31. The van der Waals surface area contributed by atoms with Gasteiger partial charge in [0.2, 0.25) is 0 Å². The molecule has 24 heavy (non-hydrogen) atoms. The quantitative estimate of drug-likeness (QED) is 0.655. The molecule has 0 radical (unpaired) electrons. The molecule has 1 atom stereocenters. The van der Waals surface area contributed by atoms with E-state index in [1.54, 1.807) is 36.4 Å². The van der Waals surface area contributed by atoms with E-state index in [2.05, 4.69) is 5.32 Å². The van der Waals surface area contributed by atoms with Crippen LogP contribution in [0.25, 0.3) is 6.08 Å². The zero-order chi connectivity index (χ0) is 17.5. The van der Waals surface area contributed by atoms with Crippen molar-refractivity contribution in [1.82, 2.24) is 0 Å². The first-order chi connectivity index (χ1) is 11.5. The van der Waals surface area contributed by atoms with Gasteiger partial charge in [-0.3, -0.25) is 4.79 Å². The lowest BCUT2D eigenvalue weighted by molar-refractivity contribution is -0.148. The highest BCUT2D eigenvalue weighted by molar-refractivity contribution is 6.33. The SMILES string of the molecule is C[C@H](OC(=O)/C=C/c1ccccc1F)C(=O)Nc1ccccc1Cl. The van der Waals surface area contributed by atoms with Crippen LogP contribution in [-0.4, -0.2) is 18.0 Å². The molecule has 0 saturated carbocycles. The van der Waals surface area contributed by atoms with Gasteiger partial charge in [0, 0.05) is 11.6 Å². The molecule has 1 N–H and O–H groups in total. The zero-order valence-electron chi connectivity index (χ0n) is 12.8. The Balaban J connectivity index is 1.92. The van der Waals surface area contributed by atoms with Crippen LogP contribution in [0.3, 0.4) is 0 Å². The Kier molecular flexibility index (Phi) is 6.09. The average Bonchev–Trinajstić information content (AvgIpc) is 2.56. The maximum atomic E-state index is 13.4. The highest BCUT2D eigenvalue weighted by atomic mass is 35.5. The van der Waals surface area contributed by atoms with Gasteiger partial charge < -0.3 is 10.1 Å². The van der Waals surface area contributed by atoms with Gasteiger partial charge in [-0.1, -0.05) is 41.9 Å². The number of nitrogens with one attached hydrogen (secondary N) is 1. The highest BCUT2D eigenvalue weighted by Crippen LogP contribution is 2.20. The van der Waals surface area contributed by atoms with Crippen LogP contribution in [0.15, 0.2) is 54.6 Å². The van der Waals surface area contributed by atoms with Crippen LogP contribution in [0.4, 0.5) is 10.1 Å². The Bertz CT molecular complexity index is 776. The molecule has 0 bridgehead atoms. The molecule has 0 spiro atoms. The summed E-state index contributed by atoms with van der Waals surface area (Å²) in [6.07, 6.45) is 1.33. The van der Waals surface area contributed by atoms with Gasteiger partial charge >= 0.3 is 5.97 Å². The molecule has 0 fully saturated rings. The number of benzene rings is 2. The third-order valence-corrected chi connectivity index (χ3v) is 3.43. The van der Waals surface area contributed by atoms with Gasteiger partial charge in [-0.2, -0.15) is 0 Å². The number of anilines is 1. The summed E-state index contributed by atoms with van der Waals surface area (Å²) >= 11 is 5.94. The van der Waals surface area contributed by atoms with Crippen molar-refractivity contribution in [3.05, 3.63) is 71.0 Å². The molecule has 0 aliphatic rings. The lowest BCUT2D eigenvalue weighted by Crippen LogP contribution is -2.29. The predicted octanol–water partition coefficient (Wildman–Crippen LogP) is 4.06. The van der Waals surface area contributed by atoms with Crippen molar-refractivity contribution in [1.29, 1.82) is 0 Å². The van der Waals surface area contributed by atoms with Gasteiger partial charge in [-0.25, -0.2) is 9.18 Å². The van der Waals surface area contributed by atoms with Gasteiger partial charge in [0.05, 0.1) is 10.7 Å².